The van der Waals surface area contributed by atoms with Crippen LogP contribution in [0.2, 0.25) is 0 Å². The molecule has 2 aromatic rings. The van der Waals surface area contributed by atoms with Crippen LogP contribution in [0.25, 0.3) is 0 Å². The molecule has 5 heteroatoms. The molecule has 0 aliphatic rings. The maximum Gasteiger partial charge on any atom is 0.173 e. The summed E-state index contributed by atoms with van der Waals surface area (Å²) in [5.74, 6) is 0.696. The van der Waals surface area contributed by atoms with Crippen molar-refractivity contribution in [1.29, 1.82) is 0 Å². The maximum atomic E-state index is 11.2. The molecule has 0 aliphatic carbocycles. The van der Waals surface area contributed by atoms with E-state index in [0.717, 1.165) is 5.01 Å². The minimum absolute atomic E-state index is 0.0409. The third kappa shape index (κ3) is 2.43. The molecule has 0 atom stereocenters. The molecule has 2 rings (SSSR count). The highest BCUT2D eigenvalue weighted by atomic mass is 32.1. The molecule has 0 saturated heterocycles. The van der Waals surface area contributed by atoms with Gasteiger partial charge in [0.05, 0.1) is 0 Å². The van der Waals surface area contributed by atoms with E-state index in [1.54, 1.807) is 24.5 Å². The SMILES string of the molecule is CC(=O)c1sccc1OCc1nccs1. The molecule has 0 radical (unpaired) electrons. The average molecular weight is 239 g/mol. The number of ether oxygens (including phenoxy) is 1. The monoisotopic (exact) mass is 239 g/mol. The van der Waals surface area contributed by atoms with Gasteiger partial charge in [0.15, 0.2) is 5.78 Å². The van der Waals surface area contributed by atoms with Crippen LogP contribution >= 0.6 is 22.7 Å². The van der Waals surface area contributed by atoms with Gasteiger partial charge in [-0.3, -0.25) is 4.79 Å². The molecule has 2 aromatic heterocycles. The van der Waals surface area contributed by atoms with E-state index in [1.165, 1.54) is 11.3 Å². The lowest BCUT2D eigenvalue weighted by Crippen LogP contribution is -1.97. The van der Waals surface area contributed by atoms with Crippen molar-refractivity contribution in [1.82, 2.24) is 4.98 Å². The number of aromatic nitrogens is 1. The Bertz CT molecular complexity index is 448. The molecule has 2 heterocycles. The van der Waals surface area contributed by atoms with Crippen LogP contribution in [0.3, 0.4) is 0 Å². The zero-order chi connectivity index (χ0) is 10.7. The summed E-state index contributed by atoms with van der Waals surface area (Å²) in [6.07, 6.45) is 1.74. The highest BCUT2D eigenvalue weighted by molar-refractivity contribution is 7.12. The second kappa shape index (κ2) is 4.55. The van der Waals surface area contributed by atoms with Gasteiger partial charge in [-0.15, -0.1) is 22.7 Å². The summed E-state index contributed by atoms with van der Waals surface area (Å²) in [5, 5.41) is 4.67. The summed E-state index contributed by atoms with van der Waals surface area (Å²) in [7, 11) is 0. The Hall–Kier alpha value is -1.20. The third-order valence-corrected chi connectivity index (χ3v) is 3.53. The summed E-state index contributed by atoms with van der Waals surface area (Å²) in [4.78, 5) is 16.0. The first-order chi connectivity index (χ1) is 7.27. The van der Waals surface area contributed by atoms with Crippen LogP contribution in [-0.4, -0.2) is 10.8 Å². The highest BCUT2D eigenvalue weighted by Crippen LogP contribution is 2.26. The van der Waals surface area contributed by atoms with Gasteiger partial charge in [0.1, 0.15) is 22.2 Å². The fraction of sp³-hybridized carbons (Fsp3) is 0.200. The molecule has 0 amide bonds. The number of nitrogens with zero attached hydrogens (tertiary/aromatic N) is 1. The van der Waals surface area contributed by atoms with Crippen LogP contribution in [0.4, 0.5) is 0 Å². The van der Waals surface area contributed by atoms with Crippen molar-refractivity contribution in [2.75, 3.05) is 0 Å². The molecule has 15 heavy (non-hydrogen) atoms. The topological polar surface area (TPSA) is 39.2 Å². The van der Waals surface area contributed by atoms with E-state index in [4.69, 9.17) is 4.74 Å². The second-order valence-electron chi connectivity index (χ2n) is 2.88. The van der Waals surface area contributed by atoms with E-state index in [9.17, 15) is 4.79 Å². The number of hydrogen-bond donors (Lipinski definition) is 0. The number of ketones is 1. The van der Waals surface area contributed by atoms with Gasteiger partial charge >= 0.3 is 0 Å². The van der Waals surface area contributed by atoms with Crippen LogP contribution in [0.5, 0.6) is 5.75 Å². The predicted octanol–water partition coefficient (Wildman–Crippen LogP) is 2.99. The molecule has 0 saturated carbocycles. The number of Topliss-reactive ketones (excluding diaryl/α,β-unsaturated/α-hetero) is 1. The molecule has 78 valence electrons. The van der Waals surface area contributed by atoms with Crippen LogP contribution in [-0.2, 0) is 6.61 Å². The molecule has 0 spiro atoms. The van der Waals surface area contributed by atoms with Crippen molar-refractivity contribution in [3.63, 3.8) is 0 Å². The zero-order valence-electron chi connectivity index (χ0n) is 8.10. The zero-order valence-corrected chi connectivity index (χ0v) is 9.73. The predicted molar refractivity (Wildman–Crippen MR) is 60.8 cm³/mol. The number of carbonyl (C=O) groups excluding carboxylic acids is 1. The lowest BCUT2D eigenvalue weighted by Gasteiger charge is -2.02. The minimum atomic E-state index is 0.0409. The Balaban J connectivity index is 2.05. The first-order valence-electron chi connectivity index (χ1n) is 4.37. The molecule has 0 aromatic carbocycles. The molecule has 0 aliphatic heterocycles. The quantitative estimate of drug-likeness (QED) is 0.770. The fourth-order valence-electron chi connectivity index (χ4n) is 1.13. The van der Waals surface area contributed by atoms with Crippen LogP contribution < -0.4 is 4.74 Å². The van der Waals surface area contributed by atoms with Crippen LogP contribution in [0.1, 0.15) is 21.6 Å². The van der Waals surface area contributed by atoms with Gasteiger partial charge in [-0.25, -0.2) is 4.98 Å². The van der Waals surface area contributed by atoms with Crippen molar-refractivity contribution in [2.24, 2.45) is 0 Å². The van der Waals surface area contributed by atoms with Crippen molar-refractivity contribution in [3.8, 4) is 5.75 Å². The molecule has 0 unspecified atom stereocenters. The lowest BCUT2D eigenvalue weighted by molar-refractivity contribution is 0.101. The molecular weight excluding hydrogens is 230 g/mol. The van der Waals surface area contributed by atoms with Gasteiger partial charge in [-0.1, -0.05) is 0 Å². The van der Waals surface area contributed by atoms with Gasteiger partial charge in [-0.05, 0) is 11.4 Å². The molecular formula is C10H9NO2S2. The number of thiophene rings is 1. The van der Waals surface area contributed by atoms with Gasteiger partial charge in [0.2, 0.25) is 0 Å². The fourth-order valence-corrected chi connectivity index (χ4v) is 2.40. The third-order valence-electron chi connectivity index (χ3n) is 1.78. The summed E-state index contributed by atoms with van der Waals surface area (Å²) < 4.78 is 5.52. The Kier molecular flexibility index (Phi) is 3.13. The van der Waals surface area contributed by atoms with Gasteiger partial charge in [-0.2, -0.15) is 0 Å². The number of carbonyl (C=O) groups is 1. The Morgan fingerprint density at radius 1 is 1.47 bits per heavy atom. The van der Waals surface area contributed by atoms with Crippen molar-refractivity contribution < 1.29 is 9.53 Å². The minimum Gasteiger partial charge on any atom is -0.485 e. The van der Waals surface area contributed by atoms with E-state index in [2.05, 4.69) is 4.98 Å². The summed E-state index contributed by atoms with van der Waals surface area (Å²) in [5.41, 5.74) is 0. The molecule has 3 nitrogen and oxygen atoms in total. The largest absolute Gasteiger partial charge is 0.485 e. The smallest absolute Gasteiger partial charge is 0.173 e. The second-order valence-corrected chi connectivity index (χ2v) is 4.78. The molecule has 0 fully saturated rings. The van der Waals surface area contributed by atoms with E-state index in [-0.39, 0.29) is 5.78 Å². The van der Waals surface area contributed by atoms with E-state index in [1.807, 2.05) is 16.8 Å². The average Bonchev–Trinajstić information content (AvgIpc) is 2.86. The van der Waals surface area contributed by atoms with E-state index < -0.39 is 0 Å². The van der Waals surface area contributed by atoms with Gasteiger partial charge in [0, 0.05) is 18.5 Å². The number of hydrogen-bond acceptors (Lipinski definition) is 5. The van der Waals surface area contributed by atoms with Crippen molar-refractivity contribution in [2.45, 2.75) is 13.5 Å². The first kappa shape index (κ1) is 10.3. The standard InChI is InChI=1S/C10H9NO2S2/c1-7(12)10-8(2-4-15-10)13-6-9-11-3-5-14-9/h2-5H,6H2,1H3. The first-order valence-corrected chi connectivity index (χ1v) is 6.13. The summed E-state index contributed by atoms with van der Waals surface area (Å²) in [6.45, 7) is 1.97. The summed E-state index contributed by atoms with van der Waals surface area (Å²) >= 11 is 2.94. The van der Waals surface area contributed by atoms with Crippen LogP contribution in [0, 0.1) is 0 Å². The lowest BCUT2D eigenvalue weighted by atomic mass is 10.3. The number of thiazole rings is 1. The van der Waals surface area contributed by atoms with Gasteiger partial charge in [0.25, 0.3) is 0 Å². The Labute approximate surface area is 95.4 Å². The van der Waals surface area contributed by atoms with Crippen molar-refractivity contribution >= 4 is 28.5 Å². The van der Waals surface area contributed by atoms with E-state index in [0.29, 0.717) is 17.2 Å². The maximum absolute atomic E-state index is 11.2. The van der Waals surface area contributed by atoms with Gasteiger partial charge < -0.3 is 4.74 Å². The van der Waals surface area contributed by atoms with Crippen molar-refractivity contribution in [3.05, 3.63) is 32.9 Å². The molecule has 0 N–H and O–H groups in total. The van der Waals surface area contributed by atoms with Crippen LogP contribution in [0.15, 0.2) is 23.0 Å². The summed E-state index contributed by atoms with van der Waals surface area (Å²) in [6, 6.07) is 1.81. The Morgan fingerprint density at radius 3 is 3.00 bits per heavy atom. The Morgan fingerprint density at radius 2 is 2.33 bits per heavy atom. The molecule has 0 bridgehead atoms. The highest BCUT2D eigenvalue weighted by Gasteiger charge is 2.10. The normalized spacial score (nSPS) is 10.2. The van der Waals surface area contributed by atoms with E-state index >= 15 is 0 Å². The number of rotatable bonds is 4.